The fourth-order valence-corrected chi connectivity index (χ4v) is 2.24. The third-order valence-electron chi connectivity index (χ3n) is 2.53. The molecule has 17 heavy (non-hydrogen) atoms. The highest BCUT2D eigenvalue weighted by Crippen LogP contribution is 2.24. The predicted octanol–water partition coefficient (Wildman–Crippen LogP) is 3.46. The first-order valence-corrected chi connectivity index (χ1v) is 6.89. The van der Waals surface area contributed by atoms with Gasteiger partial charge in [0.1, 0.15) is 0 Å². The Morgan fingerprint density at radius 2 is 1.94 bits per heavy atom. The zero-order valence-electron chi connectivity index (χ0n) is 9.89. The van der Waals surface area contributed by atoms with E-state index in [4.69, 9.17) is 0 Å². The summed E-state index contributed by atoms with van der Waals surface area (Å²) in [6.45, 7) is 0.911. The van der Waals surface area contributed by atoms with Gasteiger partial charge in [0.2, 0.25) is 0 Å². The summed E-state index contributed by atoms with van der Waals surface area (Å²) in [5.41, 5.74) is 2.33. The number of aromatic nitrogens is 1. The highest BCUT2D eigenvalue weighted by atomic mass is 32.2. The second-order valence-corrected chi connectivity index (χ2v) is 4.55. The lowest BCUT2D eigenvalue weighted by molar-refractivity contribution is 0.958. The summed E-state index contributed by atoms with van der Waals surface area (Å²) in [6, 6.07) is 14.4. The second-order valence-electron chi connectivity index (χ2n) is 3.70. The van der Waals surface area contributed by atoms with Gasteiger partial charge >= 0.3 is 0 Å². The molecule has 1 aromatic carbocycles. The molecule has 1 heterocycles. The molecule has 0 aliphatic carbocycles. The zero-order chi connectivity index (χ0) is 11.9. The minimum atomic E-state index is 0.911. The van der Waals surface area contributed by atoms with E-state index in [0.717, 1.165) is 18.7 Å². The number of pyridine rings is 1. The molecule has 0 amide bonds. The second kappa shape index (κ2) is 6.30. The van der Waals surface area contributed by atoms with E-state index in [9.17, 15) is 0 Å². The Kier molecular flexibility index (Phi) is 4.45. The van der Waals surface area contributed by atoms with E-state index in [1.165, 1.54) is 10.6 Å². The molecule has 0 unspecified atom stereocenters. The van der Waals surface area contributed by atoms with Gasteiger partial charge in [0.25, 0.3) is 0 Å². The summed E-state index contributed by atoms with van der Waals surface area (Å²) >= 11 is 1.76. The first-order valence-electron chi connectivity index (χ1n) is 5.67. The lowest BCUT2D eigenvalue weighted by Gasteiger charge is -2.09. The number of hydrogen-bond donors (Lipinski definition) is 1. The monoisotopic (exact) mass is 244 g/mol. The van der Waals surface area contributed by atoms with E-state index in [1.807, 2.05) is 18.3 Å². The van der Waals surface area contributed by atoms with Gasteiger partial charge in [0, 0.05) is 35.4 Å². The molecule has 1 aromatic heterocycles. The van der Waals surface area contributed by atoms with Crippen molar-refractivity contribution in [3.63, 3.8) is 0 Å². The van der Waals surface area contributed by atoms with E-state index < -0.39 is 0 Å². The molecule has 0 radical (unpaired) electrons. The Morgan fingerprint density at radius 1 is 1.12 bits per heavy atom. The third-order valence-corrected chi connectivity index (χ3v) is 3.33. The molecule has 0 spiro atoms. The summed E-state index contributed by atoms with van der Waals surface area (Å²) in [4.78, 5) is 5.59. The van der Waals surface area contributed by atoms with Crippen LogP contribution < -0.4 is 5.32 Å². The molecular formula is C14H16N2S. The molecule has 0 saturated carbocycles. The van der Waals surface area contributed by atoms with Gasteiger partial charge in [0.15, 0.2) is 0 Å². The predicted molar refractivity (Wildman–Crippen MR) is 74.7 cm³/mol. The van der Waals surface area contributed by atoms with Gasteiger partial charge < -0.3 is 5.32 Å². The van der Waals surface area contributed by atoms with E-state index in [0.29, 0.717) is 0 Å². The topological polar surface area (TPSA) is 24.9 Å². The van der Waals surface area contributed by atoms with Crippen LogP contribution in [0.15, 0.2) is 53.6 Å². The van der Waals surface area contributed by atoms with Crippen molar-refractivity contribution >= 4 is 17.4 Å². The molecule has 88 valence electrons. The molecule has 0 aliphatic heterocycles. The quantitative estimate of drug-likeness (QED) is 0.815. The molecule has 2 rings (SSSR count). The fourth-order valence-electron chi connectivity index (χ4n) is 1.66. The molecular weight excluding hydrogens is 228 g/mol. The van der Waals surface area contributed by atoms with Crippen LogP contribution in [0, 0.1) is 0 Å². The van der Waals surface area contributed by atoms with Crippen LogP contribution in [0.4, 0.5) is 5.69 Å². The van der Waals surface area contributed by atoms with Gasteiger partial charge in [-0.25, -0.2) is 0 Å². The van der Waals surface area contributed by atoms with Crippen LogP contribution >= 0.6 is 11.8 Å². The van der Waals surface area contributed by atoms with Crippen molar-refractivity contribution in [2.24, 2.45) is 0 Å². The van der Waals surface area contributed by atoms with Crippen molar-refractivity contribution in [2.75, 3.05) is 18.1 Å². The smallest absolute Gasteiger partial charge is 0.0478 e. The summed E-state index contributed by atoms with van der Waals surface area (Å²) in [5.74, 6) is 0. The van der Waals surface area contributed by atoms with Gasteiger partial charge in [-0.15, -0.1) is 11.8 Å². The molecule has 2 aromatic rings. The molecule has 0 aliphatic rings. The Balaban J connectivity index is 1.90. The average Bonchev–Trinajstić information content (AvgIpc) is 2.40. The SMILES string of the molecule is CSc1ccccc1NCCc1ccccn1. The molecule has 0 atom stereocenters. The number of para-hydroxylation sites is 1. The van der Waals surface area contributed by atoms with E-state index in [1.54, 1.807) is 11.8 Å². The van der Waals surface area contributed by atoms with E-state index in [-0.39, 0.29) is 0 Å². The number of nitrogens with one attached hydrogen (secondary N) is 1. The van der Waals surface area contributed by atoms with Crippen LogP contribution in [0.25, 0.3) is 0 Å². The summed E-state index contributed by atoms with van der Waals surface area (Å²) in [7, 11) is 0. The molecule has 0 fully saturated rings. The lowest BCUT2D eigenvalue weighted by Crippen LogP contribution is -2.06. The van der Waals surface area contributed by atoms with Crippen molar-refractivity contribution in [1.29, 1.82) is 0 Å². The van der Waals surface area contributed by atoms with Crippen molar-refractivity contribution in [3.8, 4) is 0 Å². The Bertz CT molecular complexity index is 457. The van der Waals surface area contributed by atoms with Crippen molar-refractivity contribution in [1.82, 2.24) is 4.98 Å². The molecule has 0 bridgehead atoms. The number of thioether (sulfide) groups is 1. The normalized spacial score (nSPS) is 10.2. The average molecular weight is 244 g/mol. The maximum atomic E-state index is 4.31. The highest BCUT2D eigenvalue weighted by molar-refractivity contribution is 7.98. The van der Waals surface area contributed by atoms with Crippen LogP contribution in [0.1, 0.15) is 5.69 Å². The first-order chi connectivity index (χ1) is 8.40. The summed E-state index contributed by atoms with van der Waals surface area (Å²) in [6.07, 6.45) is 4.88. The van der Waals surface area contributed by atoms with Crippen molar-refractivity contribution in [3.05, 3.63) is 54.4 Å². The van der Waals surface area contributed by atoms with Crippen LogP contribution in [0.5, 0.6) is 0 Å². The van der Waals surface area contributed by atoms with Crippen LogP contribution in [0.3, 0.4) is 0 Å². The molecule has 0 saturated heterocycles. The largest absolute Gasteiger partial charge is 0.384 e. The number of anilines is 1. The van der Waals surface area contributed by atoms with E-state index >= 15 is 0 Å². The number of benzene rings is 1. The van der Waals surface area contributed by atoms with Crippen LogP contribution in [0.2, 0.25) is 0 Å². The van der Waals surface area contributed by atoms with Gasteiger partial charge in [-0.05, 0) is 30.5 Å². The Labute approximate surface area is 106 Å². The Morgan fingerprint density at radius 3 is 2.71 bits per heavy atom. The summed E-state index contributed by atoms with van der Waals surface area (Å²) in [5, 5.41) is 3.45. The number of rotatable bonds is 5. The van der Waals surface area contributed by atoms with Gasteiger partial charge in [-0.1, -0.05) is 18.2 Å². The lowest BCUT2D eigenvalue weighted by atomic mass is 10.2. The third kappa shape index (κ3) is 3.49. The van der Waals surface area contributed by atoms with Gasteiger partial charge in [-0.3, -0.25) is 4.98 Å². The Hall–Kier alpha value is -1.48. The standard InChI is InChI=1S/C14H16N2S/c1-17-14-8-3-2-7-13(14)16-11-9-12-6-4-5-10-15-12/h2-8,10,16H,9,11H2,1H3. The summed E-state index contributed by atoms with van der Waals surface area (Å²) < 4.78 is 0. The van der Waals surface area contributed by atoms with E-state index in [2.05, 4.69) is 46.9 Å². The fraction of sp³-hybridized carbons (Fsp3) is 0.214. The van der Waals surface area contributed by atoms with Crippen LogP contribution in [-0.2, 0) is 6.42 Å². The van der Waals surface area contributed by atoms with Gasteiger partial charge in [0.05, 0.1) is 0 Å². The molecule has 2 nitrogen and oxygen atoms in total. The van der Waals surface area contributed by atoms with Gasteiger partial charge in [-0.2, -0.15) is 0 Å². The number of hydrogen-bond acceptors (Lipinski definition) is 3. The molecule has 3 heteroatoms. The van der Waals surface area contributed by atoms with Crippen LogP contribution in [-0.4, -0.2) is 17.8 Å². The molecule has 1 N–H and O–H groups in total. The highest BCUT2D eigenvalue weighted by Gasteiger charge is 1.99. The maximum absolute atomic E-state index is 4.31. The van der Waals surface area contributed by atoms with Crippen molar-refractivity contribution < 1.29 is 0 Å². The minimum Gasteiger partial charge on any atom is -0.384 e. The maximum Gasteiger partial charge on any atom is 0.0478 e. The first kappa shape index (κ1) is 12.0. The minimum absolute atomic E-state index is 0.911. The van der Waals surface area contributed by atoms with Crippen molar-refractivity contribution in [2.45, 2.75) is 11.3 Å². The number of nitrogens with zero attached hydrogens (tertiary/aromatic N) is 1. The zero-order valence-corrected chi connectivity index (χ0v) is 10.7.